The molecule has 0 spiro atoms. The molecule has 1 aliphatic rings. The average molecular weight is 329 g/mol. The van der Waals surface area contributed by atoms with Gasteiger partial charge in [-0.1, -0.05) is 19.4 Å². The number of carbonyl (C=O) groups excluding carboxylic acids is 1. The van der Waals surface area contributed by atoms with Crippen LogP contribution in [0.5, 0.6) is 0 Å². The third-order valence-corrected chi connectivity index (χ3v) is 4.21. The molecule has 24 heavy (non-hydrogen) atoms. The van der Waals surface area contributed by atoms with Crippen LogP contribution in [0, 0.1) is 6.92 Å². The van der Waals surface area contributed by atoms with Gasteiger partial charge < -0.3 is 14.6 Å². The lowest BCUT2D eigenvalue weighted by molar-refractivity contribution is 0.167. The molecule has 1 aliphatic carbocycles. The van der Waals surface area contributed by atoms with E-state index in [1.807, 2.05) is 37.8 Å². The van der Waals surface area contributed by atoms with E-state index in [1.54, 1.807) is 12.3 Å². The second kappa shape index (κ2) is 8.52. The van der Waals surface area contributed by atoms with E-state index in [0.29, 0.717) is 12.2 Å². The maximum absolute atomic E-state index is 12.7. The highest BCUT2D eigenvalue weighted by molar-refractivity contribution is 5.92. The zero-order chi connectivity index (χ0) is 17.5. The van der Waals surface area contributed by atoms with Crippen LogP contribution in [0.3, 0.4) is 0 Å². The quantitative estimate of drug-likeness (QED) is 0.778. The zero-order valence-corrected chi connectivity index (χ0v) is 14.8. The Balaban J connectivity index is 2.07. The fourth-order valence-corrected chi connectivity index (χ4v) is 2.84. The zero-order valence-electron chi connectivity index (χ0n) is 14.8. The van der Waals surface area contributed by atoms with Crippen LogP contribution in [0.1, 0.15) is 51.1 Å². The molecule has 0 aromatic carbocycles. The Morgan fingerprint density at radius 2 is 2.12 bits per heavy atom. The highest BCUT2D eigenvalue weighted by Gasteiger charge is 2.27. The first kappa shape index (κ1) is 18.0. The fraction of sp³-hybridized carbons (Fsp3) is 0.474. The van der Waals surface area contributed by atoms with E-state index in [9.17, 15) is 4.79 Å². The molecule has 1 aromatic rings. The van der Waals surface area contributed by atoms with Gasteiger partial charge in [0.2, 0.25) is 0 Å². The molecular weight excluding hydrogens is 302 g/mol. The molecule has 130 valence electrons. The molecule has 0 bridgehead atoms. The number of rotatable bonds is 6. The molecule has 5 heteroatoms. The van der Waals surface area contributed by atoms with Crippen molar-refractivity contribution in [2.75, 3.05) is 0 Å². The number of urea groups is 1. The van der Waals surface area contributed by atoms with Crippen LogP contribution in [0.15, 0.2) is 46.1 Å². The van der Waals surface area contributed by atoms with Gasteiger partial charge in [-0.2, -0.15) is 0 Å². The summed E-state index contributed by atoms with van der Waals surface area (Å²) in [5, 5.41) is 2.93. The molecular formula is C19H27N3O2. The van der Waals surface area contributed by atoms with Gasteiger partial charge in [0.05, 0.1) is 6.54 Å². The molecule has 0 unspecified atom stereocenters. The fourth-order valence-electron chi connectivity index (χ4n) is 2.84. The monoisotopic (exact) mass is 329 g/mol. The van der Waals surface area contributed by atoms with Gasteiger partial charge in [-0.05, 0) is 51.8 Å². The first-order valence-corrected chi connectivity index (χ1v) is 8.46. The van der Waals surface area contributed by atoms with Crippen molar-refractivity contribution in [3.05, 3.63) is 48.2 Å². The summed E-state index contributed by atoms with van der Waals surface area (Å²) in [5.74, 6) is 1.68. The van der Waals surface area contributed by atoms with Crippen molar-refractivity contribution in [1.82, 2.24) is 10.2 Å². The molecule has 0 saturated heterocycles. The van der Waals surface area contributed by atoms with E-state index in [2.05, 4.69) is 16.9 Å². The first-order chi connectivity index (χ1) is 11.5. The lowest BCUT2D eigenvalue weighted by Crippen LogP contribution is -2.44. The Kier molecular flexibility index (Phi) is 6.41. The molecule has 0 aliphatic heterocycles. The number of nitrogens with one attached hydrogen (secondary N) is 1. The number of aryl methyl sites for hydroxylation is 1. The van der Waals surface area contributed by atoms with Crippen LogP contribution in [-0.2, 0) is 6.54 Å². The molecule has 1 fully saturated rings. The van der Waals surface area contributed by atoms with Gasteiger partial charge >= 0.3 is 6.03 Å². The summed E-state index contributed by atoms with van der Waals surface area (Å²) in [4.78, 5) is 18.8. The molecule has 1 heterocycles. The minimum absolute atomic E-state index is 0.101. The van der Waals surface area contributed by atoms with Gasteiger partial charge in [0.15, 0.2) is 0 Å². The van der Waals surface area contributed by atoms with Crippen molar-refractivity contribution in [2.45, 2.75) is 59.0 Å². The third-order valence-electron chi connectivity index (χ3n) is 4.21. The number of furan rings is 1. The molecule has 2 rings (SSSR count). The Morgan fingerprint density at radius 1 is 1.42 bits per heavy atom. The van der Waals surface area contributed by atoms with Crippen molar-refractivity contribution in [1.29, 1.82) is 0 Å². The van der Waals surface area contributed by atoms with E-state index in [-0.39, 0.29) is 12.1 Å². The number of hydrogen-bond acceptors (Lipinski definition) is 3. The van der Waals surface area contributed by atoms with Crippen LogP contribution in [0.2, 0.25) is 0 Å². The number of allylic oxidation sites excluding steroid dienone is 2. The number of carbonyl (C=O) groups is 1. The predicted octanol–water partition coefficient (Wildman–Crippen LogP) is 4.55. The second-order valence-corrected chi connectivity index (χ2v) is 6.30. The molecule has 0 radical (unpaired) electrons. The van der Waals surface area contributed by atoms with E-state index in [1.165, 1.54) is 12.8 Å². The van der Waals surface area contributed by atoms with Gasteiger partial charge in [0.25, 0.3) is 0 Å². The Bertz CT molecular complexity index is 637. The lowest BCUT2D eigenvalue weighted by Gasteiger charge is -2.28. The summed E-state index contributed by atoms with van der Waals surface area (Å²) in [6, 6.07) is 4.03. The van der Waals surface area contributed by atoms with Gasteiger partial charge in [0.1, 0.15) is 11.5 Å². The van der Waals surface area contributed by atoms with E-state index in [0.717, 1.165) is 30.1 Å². The van der Waals surface area contributed by atoms with Gasteiger partial charge in [-0.15, -0.1) is 0 Å². The number of aliphatic imine (C=N–C) groups is 1. The van der Waals surface area contributed by atoms with E-state index < -0.39 is 0 Å². The lowest BCUT2D eigenvalue weighted by atomic mass is 10.2. The van der Waals surface area contributed by atoms with Crippen LogP contribution >= 0.6 is 0 Å². The molecule has 0 atom stereocenters. The Hall–Kier alpha value is -2.30. The number of amides is 2. The first-order valence-electron chi connectivity index (χ1n) is 8.46. The van der Waals surface area contributed by atoms with Crippen molar-refractivity contribution in [3.63, 3.8) is 0 Å². The summed E-state index contributed by atoms with van der Waals surface area (Å²) in [6.07, 6.45) is 7.76. The number of hydrogen-bond donors (Lipinski definition) is 1. The molecule has 2 amide bonds. The van der Waals surface area contributed by atoms with Crippen molar-refractivity contribution in [3.8, 4) is 0 Å². The maximum Gasteiger partial charge on any atom is 0.322 e. The molecule has 1 N–H and O–H groups in total. The predicted molar refractivity (Wildman–Crippen MR) is 96.8 cm³/mol. The molecule has 1 saturated carbocycles. The highest BCUT2D eigenvalue weighted by Crippen LogP contribution is 2.25. The van der Waals surface area contributed by atoms with E-state index in [4.69, 9.17) is 4.42 Å². The normalized spacial score (nSPS) is 16.3. The van der Waals surface area contributed by atoms with Crippen molar-refractivity contribution in [2.24, 2.45) is 4.99 Å². The van der Waals surface area contributed by atoms with Crippen molar-refractivity contribution < 1.29 is 9.21 Å². The van der Waals surface area contributed by atoms with E-state index >= 15 is 0 Å². The smallest absolute Gasteiger partial charge is 0.322 e. The van der Waals surface area contributed by atoms with Gasteiger partial charge in [-0.3, -0.25) is 4.99 Å². The van der Waals surface area contributed by atoms with Crippen LogP contribution in [0.4, 0.5) is 4.79 Å². The van der Waals surface area contributed by atoms with Gasteiger partial charge in [0, 0.05) is 23.7 Å². The minimum Gasteiger partial charge on any atom is -0.464 e. The Morgan fingerprint density at radius 3 is 2.71 bits per heavy atom. The summed E-state index contributed by atoms with van der Waals surface area (Å²) in [7, 11) is 0. The van der Waals surface area contributed by atoms with Crippen molar-refractivity contribution >= 4 is 11.7 Å². The molecule has 5 nitrogen and oxygen atoms in total. The SMILES string of the molecule is C=C/C(C)=N\C=C(/C)NC(=O)N(Cc1ccc(C)o1)C1CCCC1. The maximum atomic E-state index is 12.7. The summed E-state index contributed by atoms with van der Waals surface area (Å²) in [6.45, 7) is 9.77. The standard InChI is InChI=1S/C19H27N3O2/c1-5-14(2)20-12-15(3)21-19(23)22(17-8-6-7-9-17)13-18-11-10-16(4)24-18/h5,10-12,17H,1,6-9,13H2,2-4H3,(H,21,23)/b15-12+,20-14-. The molecule has 1 aromatic heterocycles. The summed E-state index contributed by atoms with van der Waals surface area (Å²) in [5.41, 5.74) is 1.52. The minimum atomic E-state index is -0.101. The number of nitrogens with zero attached hydrogens (tertiary/aromatic N) is 2. The average Bonchev–Trinajstić information content (AvgIpc) is 3.21. The van der Waals surface area contributed by atoms with Crippen LogP contribution < -0.4 is 5.32 Å². The summed E-state index contributed by atoms with van der Waals surface area (Å²) >= 11 is 0. The Labute approximate surface area is 144 Å². The van der Waals surface area contributed by atoms with Gasteiger partial charge in [-0.25, -0.2) is 4.79 Å². The van der Waals surface area contributed by atoms with Crippen LogP contribution in [-0.4, -0.2) is 22.7 Å². The third kappa shape index (κ3) is 5.11. The van der Waals surface area contributed by atoms with Crippen LogP contribution in [0.25, 0.3) is 0 Å². The largest absolute Gasteiger partial charge is 0.464 e. The second-order valence-electron chi connectivity index (χ2n) is 6.30. The topological polar surface area (TPSA) is 57.8 Å². The summed E-state index contributed by atoms with van der Waals surface area (Å²) < 4.78 is 5.65. The highest BCUT2D eigenvalue weighted by atomic mass is 16.3.